The number of pyridine rings is 1. The number of anilines is 1. The molecule has 0 amide bonds. The maximum Gasteiger partial charge on any atom is 0.147 e. The van der Waals surface area contributed by atoms with Crippen molar-refractivity contribution in [2.24, 2.45) is 0 Å². The van der Waals surface area contributed by atoms with E-state index in [9.17, 15) is 8.78 Å². The molecule has 5 nitrogen and oxygen atoms in total. The molecule has 0 spiro atoms. The van der Waals surface area contributed by atoms with Crippen molar-refractivity contribution in [3.05, 3.63) is 59.5 Å². The van der Waals surface area contributed by atoms with E-state index in [1.54, 1.807) is 18.5 Å². The molecule has 1 aliphatic rings. The molecule has 8 heteroatoms. The van der Waals surface area contributed by atoms with E-state index in [0.29, 0.717) is 27.8 Å². The molecule has 0 N–H and O–H groups in total. The molecule has 3 heterocycles. The minimum Gasteiger partial charge on any atom is -0.354 e. The van der Waals surface area contributed by atoms with Crippen molar-refractivity contribution in [1.82, 2.24) is 19.9 Å². The van der Waals surface area contributed by atoms with Crippen LogP contribution in [0.5, 0.6) is 0 Å². The Bertz CT molecular complexity index is 1030. The first-order valence-corrected chi connectivity index (χ1v) is 9.76. The van der Waals surface area contributed by atoms with Crippen molar-refractivity contribution in [2.45, 2.75) is 6.42 Å². The highest BCUT2D eigenvalue weighted by atomic mass is 35.5. The highest BCUT2D eigenvalue weighted by Gasteiger charge is 2.21. The smallest absolute Gasteiger partial charge is 0.147 e. The Morgan fingerprint density at radius 2 is 1.83 bits per heavy atom. The Morgan fingerprint density at radius 1 is 0.966 bits per heavy atom. The molecule has 3 aromatic rings. The van der Waals surface area contributed by atoms with Gasteiger partial charge in [-0.15, -0.1) is 0 Å². The average Bonchev–Trinajstić information content (AvgIpc) is 2.93. The number of halogens is 3. The van der Waals surface area contributed by atoms with Crippen molar-refractivity contribution >= 4 is 17.4 Å². The summed E-state index contributed by atoms with van der Waals surface area (Å²) in [6.07, 6.45) is 5.76. The normalized spacial score (nSPS) is 15.4. The SMILES string of the molecule is CN1CCCN(c2cnc(-c3ccc(F)cc3F)c(-c3ccncc3Cl)n2)CC1. The molecule has 1 saturated heterocycles. The Kier molecular flexibility index (Phi) is 5.69. The van der Waals surface area contributed by atoms with Crippen LogP contribution in [0.25, 0.3) is 22.5 Å². The van der Waals surface area contributed by atoms with Gasteiger partial charge in [0.2, 0.25) is 0 Å². The number of aromatic nitrogens is 3. The first-order valence-electron chi connectivity index (χ1n) is 9.39. The fourth-order valence-corrected chi connectivity index (χ4v) is 3.65. The maximum atomic E-state index is 14.5. The summed E-state index contributed by atoms with van der Waals surface area (Å²) in [6.45, 7) is 3.61. The van der Waals surface area contributed by atoms with Gasteiger partial charge in [0.1, 0.15) is 23.1 Å². The zero-order valence-electron chi connectivity index (χ0n) is 15.9. The maximum absolute atomic E-state index is 14.5. The van der Waals surface area contributed by atoms with Gasteiger partial charge in [0, 0.05) is 49.2 Å². The van der Waals surface area contributed by atoms with Gasteiger partial charge in [0.05, 0.1) is 16.9 Å². The molecular weight excluding hydrogens is 396 g/mol. The predicted molar refractivity (Wildman–Crippen MR) is 110 cm³/mol. The van der Waals surface area contributed by atoms with E-state index < -0.39 is 11.6 Å². The zero-order chi connectivity index (χ0) is 20.4. The molecular formula is C21H20ClF2N5. The lowest BCUT2D eigenvalue weighted by molar-refractivity contribution is 0.360. The van der Waals surface area contributed by atoms with Gasteiger partial charge in [-0.05, 0) is 38.2 Å². The number of hydrogen-bond donors (Lipinski definition) is 0. The minimum atomic E-state index is -0.699. The fraction of sp³-hybridized carbons (Fsp3) is 0.286. The molecule has 2 aromatic heterocycles. The lowest BCUT2D eigenvalue weighted by Gasteiger charge is -2.23. The number of hydrogen-bond acceptors (Lipinski definition) is 5. The number of nitrogens with zero attached hydrogens (tertiary/aromatic N) is 5. The van der Waals surface area contributed by atoms with Gasteiger partial charge in [-0.2, -0.15) is 0 Å². The van der Waals surface area contributed by atoms with Crippen LogP contribution in [-0.2, 0) is 0 Å². The monoisotopic (exact) mass is 415 g/mol. The minimum absolute atomic E-state index is 0.170. The summed E-state index contributed by atoms with van der Waals surface area (Å²) in [6, 6.07) is 5.13. The lowest BCUT2D eigenvalue weighted by atomic mass is 10.0. The standard InChI is InChI=1S/C21H20ClF2N5/c1-28-7-2-8-29(10-9-28)19-13-26-20(16-4-3-14(23)11-18(16)24)21(27-19)15-5-6-25-12-17(15)22/h3-6,11-13H,2,7-10H2,1H3. The quantitative estimate of drug-likeness (QED) is 0.639. The third-order valence-corrected chi connectivity index (χ3v) is 5.32. The van der Waals surface area contributed by atoms with E-state index in [-0.39, 0.29) is 5.56 Å². The second-order valence-electron chi connectivity index (χ2n) is 7.05. The van der Waals surface area contributed by atoms with Crippen molar-refractivity contribution in [1.29, 1.82) is 0 Å². The van der Waals surface area contributed by atoms with E-state index in [1.165, 1.54) is 18.3 Å². The summed E-state index contributed by atoms with van der Waals surface area (Å²) in [5, 5.41) is 0.387. The van der Waals surface area contributed by atoms with Crippen LogP contribution in [0.4, 0.5) is 14.6 Å². The Labute approximate surface area is 173 Å². The van der Waals surface area contributed by atoms with E-state index in [4.69, 9.17) is 16.6 Å². The van der Waals surface area contributed by atoms with Gasteiger partial charge in [-0.25, -0.2) is 18.7 Å². The van der Waals surface area contributed by atoms with Gasteiger partial charge in [0.15, 0.2) is 0 Å². The van der Waals surface area contributed by atoms with Gasteiger partial charge >= 0.3 is 0 Å². The molecule has 0 radical (unpaired) electrons. The van der Waals surface area contributed by atoms with E-state index >= 15 is 0 Å². The third kappa shape index (κ3) is 4.21. The molecule has 1 fully saturated rings. The molecule has 150 valence electrons. The summed E-state index contributed by atoms with van der Waals surface area (Å²) >= 11 is 6.36. The molecule has 4 rings (SSSR count). The summed E-state index contributed by atoms with van der Waals surface area (Å²) in [7, 11) is 2.09. The van der Waals surface area contributed by atoms with Crippen molar-refractivity contribution in [3.63, 3.8) is 0 Å². The topological polar surface area (TPSA) is 45.2 Å². The molecule has 0 bridgehead atoms. The molecule has 29 heavy (non-hydrogen) atoms. The molecule has 0 unspecified atom stereocenters. The highest BCUT2D eigenvalue weighted by Crippen LogP contribution is 2.35. The van der Waals surface area contributed by atoms with Gasteiger partial charge in [0.25, 0.3) is 0 Å². The van der Waals surface area contributed by atoms with Crippen molar-refractivity contribution in [3.8, 4) is 22.5 Å². The summed E-state index contributed by atoms with van der Waals surface area (Å²) < 4.78 is 27.9. The molecule has 0 atom stereocenters. The van der Waals surface area contributed by atoms with E-state index in [1.807, 2.05) is 0 Å². The van der Waals surface area contributed by atoms with E-state index in [0.717, 1.165) is 38.7 Å². The van der Waals surface area contributed by atoms with E-state index in [2.05, 4.69) is 26.8 Å². The van der Waals surface area contributed by atoms with Crippen LogP contribution in [0.15, 0.2) is 42.9 Å². The summed E-state index contributed by atoms with van der Waals surface area (Å²) in [5.74, 6) is -0.641. The van der Waals surface area contributed by atoms with Crippen molar-refractivity contribution < 1.29 is 8.78 Å². The fourth-order valence-electron chi connectivity index (χ4n) is 3.44. The zero-order valence-corrected chi connectivity index (χ0v) is 16.7. The first-order chi connectivity index (χ1) is 14.0. The predicted octanol–water partition coefficient (Wildman–Crippen LogP) is 4.28. The van der Waals surface area contributed by atoms with Crippen LogP contribution in [0, 0.1) is 11.6 Å². The molecule has 1 aromatic carbocycles. The number of likely N-dealkylation sites (N-methyl/N-ethyl adjacent to an activating group) is 1. The average molecular weight is 416 g/mol. The molecule has 0 saturated carbocycles. The highest BCUT2D eigenvalue weighted by molar-refractivity contribution is 6.33. The van der Waals surface area contributed by atoms with Crippen LogP contribution in [0.3, 0.4) is 0 Å². The van der Waals surface area contributed by atoms with Crippen LogP contribution < -0.4 is 4.90 Å². The van der Waals surface area contributed by atoms with Crippen LogP contribution in [0.2, 0.25) is 5.02 Å². The second kappa shape index (κ2) is 8.39. The molecule has 0 aliphatic carbocycles. The molecule has 1 aliphatic heterocycles. The van der Waals surface area contributed by atoms with Crippen molar-refractivity contribution in [2.75, 3.05) is 38.1 Å². The van der Waals surface area contributed by atoms with Gasteiger partial charge < -0.3 is 9.80 Å². The Balaban J connectivity index is 1.84. The Morgan fingerprint density at radius 3 is 2.62 bits per heavy atom. The van der Waals surface area contributed by atoms with Crippen LogP contribution in [-0.4, -0.2) is 53.1 Å². The Hall–Kier alpha value is -2.64. The number of benzene rings is 1. The summed E-state index contributed by atoms with van der Waals surface area (Å²) in [5.41, 5.74) is 1.52. The second-order valence-corrected chi connectivity index (χ2v) is 7.46. The summed E-state index contributed by atoms with van der Waals surface area (Å²) in [4.78, 5) is 17.8. The van der Waals surface area contributed by atoms with Gasteiger partial charge in [-0.3, -0.25) is 4.98 Å². The first kappa shape index (κ1) is 19.7. The largest absolute Gasteiger partial charge is 0.354 e. The van der Waals surface area contributed by atoms with Crippen LogP contribution in [0.1, 0.15) is 6.42 Å². The number of rotatable bonds is 3. The third-order valence-electron chi connectivity index (χ3n) is 5.02. The van der Waals surface area contributed by atoms with Gasteiger partial charge in [-0.1, -0.05) is 11.6 Å². The lowest BCUT2D eigenvalue weighted by Crippen LogP contribution is -2.29. The van der Waals surface area contributed by atoms with Crippen LogP contribution >= 0.6 is 11.6 Å².